The van der Waals surface area contributed by atoms with Gasteiger partial charge in [-0.2, -0.15) is 0 Å². The number of nitro groups is 1. The van der Waals surface area contributed by atoms with Gasteiger partial charge >= 0.3 is 0 Å². The molecule has 3 aromatic rings. The summed E-state index contributed by atoms with van der Waals surface area (Å²) in [4.78, 5) is 17.1. The molecule has 1 heterocycles. The first kappa shape index (κ1) is 25.4. The molecule has 0 saturated heterocycles. The zero-order chi connectivity index (χ0) is 24.9. The van der Waals surface area contributed by atoms with Gasteiger partial charge in [0.2, 0.25) is 5.13 Å². The van der Waals surface area contributed by atoms with E-state index in [1.54, 1.807) is 17.5 Å². The number of benzene rings is 2. The number of sulfonamides is 1. The van der Waals surface area contributed by atoms with Crippen LogP contribution in [0.5, 0.6) is 11.5 Å². The van der Waals surface area contributed by atoms with Crippen molar-refractivity contribution in [2.45, 2.75) is 18.2 Å². The Morgan fingerprint density at radius 1 is 1.12 bits per heavy atom. The first-order chi connectivity index (χ1) is 16.2. The van der Waals surface area contributed by atoms with Crippen LogP contribution in [0, 0.1) is 10.1 Å². The molecule has 0 spiro atoms. The van der Waals surface area contributed by atoms with E-state index in [4.69, 9.17) is 9.47 Å². The Balaban J connectivity index is 2.05. The molecule has 182 valence electrons. The van der Waals surface area contributed by atoms with Gasteiger partial charge in [0.1, 0.15) is 0 Å². The number of hydrogen-bond donors (Lipinski definition) is 0. The lowest BCUT2D eigenvalue weighted by molar-refractivity contribution is -0.384. The first-order valence-electron chi connectivity index (χ1n) is 10.3. The fourth-order valence-electron chi connectivity index (χ4n) is 3.31. The number of thiazole rings is 1. The van der Waals surface area contributed by atoms with E-state index in [0.717, 1.165) is 17.8 Å². The quantitative estimate of drug-likeness (QED) is 0.216. The van der Waals surface area contributed by atoms with Gasteiger partial charge in [-0.1, -0.05) is 19.1 Å². The molecule has 0 radical (unpaired) electrons. The van der Waals surface area contributed by atoms with Crippen molar-refractivity contribution in [3.63, 3.8) is 0 Å². The Kier molecular flexibility index (Phi) is 8.07. The third-order valence-corrected chi connectivity index (χ3v) is 7.67. The molecule has 10 nitrogen and oxygen atoms in total. The molecule has 0 amide bonds. The van der Waals surface area contributed by atoms with E-state index in [1.807, 2.05) is 18.9 Å². The number of non-ortho nitro benzene ring substituents is 1. The van der Waals surface area contributed by atoms with Crippen molar-refractivity contribution in [3.05, 3.63) is 58.0 Å². The molecular weight excluding hydrogens is 480 g/mol. The average Bonchev–Trinajstić information content (AvgIpc) is 3.32. The Bertz CT molecular complexity index is 1260. The normalized spacial score (nSPS) is 11.4. The lowest BCUT2D eigenvalue weighted by Crippen LogP contribution is -2.40. The molecule has 34 heavy (non-hydrogen) atoms. The lowest BCUT2D eigenvalue weighted by Gasteiger charge is -2.27. The van der Waals surface area contributed by atoms with E-state index in [0.29, 0.717) is 29.3 Å². The number of anilines is 1. The zero-order valence-electron chi connectivity index (χ0n) is 19.3. The fourth-order valence-corrected chi connectivity index (χ4v) is 5.81. The molecule has 0 aliphatic carbocycles. The number of aromatic nitrogens is 1. The van der Waals surface area contributed by atoms with E-state index in [1.165, 1.54) is 48.9 Å². The van der Waals surface area contributed by atoms with Gasteiger partial charge in [-0.3, -0.25) is 15.0 Å². The minimum absolute atomic E-state index is 0.0298. The highest BCUT2D eigenvalue weighted by atomic mass is 32.2. The minimum Gasteiger partial charge on any atom is -0.493 e. The summed E-state index contributed by atoms with van der Waals surface area (Å²) in [5, 5.41) is 13.1. The van der Waals surface area contributed by atoms with Crippen LogP contribution in [0.15, 0.2) is 52.7 Å². The highest BCUT2D eigenvalue weighted by Crippen LogP contribution is 2.35. The summed E-state index contributed by atoms with van der Waals surface area (Å²) in [6, 6.07) is 10.5. The van der Waals surface area contributed by atoms with Crippen LogP contribution in [0.2, 0.25) is 0 Å². The van der Waals surface area contributed by atoms with Crippen molar-refractivity contribution >= 4 is 32.2 Å². The highest BCUT2D eigenvalue weighted by molar-refractivity contribution is 7.93. The van der Waals surface area contributed by atoms with Gasteiger partial charge in [-0.15, -0.1) is 11.3 Å². The summed E-state index contributed by atoms with van der Waals surface area (Å²) < 4.78 is 39.2. The average molecular weight is 507 g/mol. The van der Waals surface area contributed by atoms with Gasteiger partial charge < -0.3 is 9.47 Å². The second-order valence-corrected chi connectivity index (χ2v) is 10.1. The molecule has 0 fully saturated rings. The van der Waals surface area contributed by atoms with Crippen LogP contribution in [0.25, 0.3) is 11.3 Å². The van der Waals surface area contributed by atoms with Gasteiger partial charge in [0.15, 0.2) is 11.5 Å². The molecule has 0 saturated carbocycles. The number of methoxy groups -OCH3 is 2. The topological polar surface area (TPSA) is 115 Å². The van der Waals surface area contributed by atoms with Gasteiger partial charge in [-0.25, -0.2) is 17.7 Å². The van der Waals surface area contributed by atoms with E-state index >= 15 is 0 Å². The van der Waals surface area contributed by atoms with Crippen molar-refractivity contribution in [2.75, 3.05) is 38.8 Å². The summed E-state index contributed by atoms with van der Waals surface area (Å²) in [5.41, 5.74) is 0.918. The fraction of sp³-hybridized carbons (Fsp3) is 0.318. The molecule has 0 aliphatic heterocycles. The van der Waals surface area contributed by atoms with Crippen molar-refractivity contribution in [3.8, 4) is 22.8 Å². The molecule has 0 aliphatic rings. The van der Waals surface area contributed by atoms with Gasteiger partial charge in [0.05, 0.1) is 36.4 Å². The molecule has 0 N–H and O–H groups in total. The second kappa shape index (κ2) is 10.8. The standard InChI is InChI=1S/C22H26N4O6S2/c1-5-11-24(2)15-25(34(29,30)18-9-10-20(31-3)21(13-18)32-4)22-23-19(14-33-22)16-7-6-8-17(12-16)26(27)28/h6-10,12-14H,5,11,15H2,1-4H3. The summed E-state index contributed by atoms with van der Waals surface area (Å²) >= 11 is 1.15. The van der Waals surface area contributed by atoms with Crippen LogP contribution >= 0.6 is 11.3 Å². The summed E-state index contributed by atoms with van der Waals surface area (Å²) in [7, 11) is 0.722. The zero-order valence-corrected chi connectivity index (χ0v) is 20.9. The highest BCUT2D eigenvalue weighted by Gasteiger charge is 2.29. The van der Waals surface area contributed by atoms with E-state index in [2.05, 4.69) is 4.98 Å². The van der Waals surface area contributed by atoms with E-state index in [-0.39, 0.29) is 22.4 Å². The predicted molar refractivity (Wildman–Crippen MR) is 131 cm³/mol. The molecule has 1 aromatic heterocycles. The molecular formula is C22H26N4O6S2. The molecule has 3 rings (SSSR count). The predicted octanol–water partition coefficient (Wildman–Crippen LogP) is 4.23. The lowest BCUT2D eigenvalue weighted by atomic mass is 10.1. The number of nitrogens with zero attached hydrogens (tertiary/aromatic N) is 4. The van der Waals surface area contributed by atoms with Crippen LogP contribution in [-0.2, 0) is 10.0 Å². The number of ether oxygens (including phenoxy) is 2. The Morgan fingerprint density at radius 3 is 2.50 bits per heavy atom. The molecule has 2 aromatic carbocycles. The third kappa shape index (κ3) is 5.46. The minimum atomic E-state index is -4.02. The Labute approximate surface area is 202 Å². The van der Waals surface area contributed by atoms with Crippen LogP contribution < -0.4 is 13.8 Å². The monoisotopic (exact) mass is 506 g/mol. The molecule has 0 atom stereocenters. The summed E-state index contributed by atoms with van der Waals surface area (Å²) in [6.45, 7) is 2.76. The summed E-state index contributed by atoms with van der Waals surface area (Å²) in [5.74, 6) is 0.708. The van der Waals surface area contributed by atoms with E-state index < -0.39 is 14.9 Å². The van der Waals surface area contributed by atoms with E-state index in [9.17, 15) is 18.5 Å². The second-order valence-electron chi connectivity index (χ2n) is 7.41. The molecule has 12 heteroatoms. The number of hydrogen-bond acceptors (Lipinski definition) is 9. The number of rotatable bonds is 11. The van der Waals surface area contributed by atoms with Gasteiger partial charge in [0.25, 0.3) is 15.7 Å². The SMILES string of the molecule is CCCN(C)CN(c1nc(-c2cccc([N+](=O)[O-])c2)cs1)S(=O)(=O)c1ccc(OC)c(OC)c1. The smallest absolute Gasteiger partial charge is 0.270 e. The maximum absolute atomic E-state index is 13.7. The van der Waals surface area contributed by atoms with Crippen LogP contribution in [0.4, 0.5) is 10.8 Å². The third-order valence-electron chi connectivity index (χ3n) is 4.98. The van der Waals surface area contributed by atoms with Crippen LogP contribution in [0.3, 0.4) is 0 Å². The largest absolute Gasteiger partial charge is 0.493 e. The maximum atomic E-state index is 13.7. The van der Waals surface area contributed by atoms with Gasteiger partial charge in [0, 0.05) is 29.1 Å². The van der Waals surface area contributed by atoms with Crippen molar-refractivity contribution in [1.29, 1.82) is 0 Å². The molecule has 0 unspecified atom stereocenters. The van der Waals surface area contributed by atoms with Crippen molar-refractivity contribution < 1.29 is 22.8 Å². The molecule has 0 bridgehead atoms. The van der Waals surface area contributed by atoms with Crippen LogP contribution in [-0.4, -0.2) is 57.7 Å². The Hall–Kier alpha value is -3.22. The van der Waals surface area contributed by atoms with Crippen molar-refractivity contribution in [1.82, 2.24) is 9.88 Å². The Morgan fingerprint density at radius 2 is 1.85 bits per heavy atom. The van der Waals surface area contributed by atoms with Crippen molar-refractivity contribution in [2.24, 2.45) is 0 Å². The van der Waals surface area contributed by atoms with Crippen LogP contribution in [0.1, 0.15) is 13.3 Å². The first-order valence-corrected chi connectivity index (χ1v) is 12.7. The number of nitro benzene ring substituents is 1. The van der Waals surface area contributed by atoms with Gasteiger partial charge in [-0.05, 0) is 32.1 Å². The maximum Gasteiger partial charge on any atom is 0.270 e. The summed E-state index contributed by atoms with van der Waals surface area (Å²) in [6.07, 6.45) is 0.845.